The summed E-state index contributed by atoms with van der Waals surface area (Å²) in [6, 6.07) is 12.3. The molecule has 0 aliphatic heterocycles. The van der Waals surface area contributed by atoms with E-state index in [1.54, 1.807) is 18.5 Å². The summed E-state index contributed by atoms with van der Waals surface area (Å²) in [7, 11) is 0. The molecule has 104 valence electrons. The highest BCUT2D eigenvalue weighted by Crippen LogP contribution is 2.39. The summed E-state index contributed by atoms with van der Waals surface area (Å²) >= 11 is 7.29. The number of rotatable bonds is 3. The molecule has 3 rings (SSSR count). The quantitative estimate of drug-likeness (QED) is 0.507. The second-order valence-electron chi connectivity index (χ2n) is 4.32. The maximum absolute atomic E-state index is 11.1. The third-order valence-corrected chi connectivity index (χ3v) is 4.34. The van der Waals surface area contributed by atoms with Gasteiger partial charge in [-0.2, -0.15) is 0 Å². The SMILES string of the molecule is O=[N+]([O-])c1ccc(Cl)cc1Sc1cccc2cnccc12. The minimum atomic E-state index is -0.397. The molecule has 1 heterocycles. The van der Waals surface area contributed by atoms with Crippen molar-refractivity contribution in [3.05, 3.63) is 70.0 Å². The van der Waals surface area contributed by atoms with Crippen molar-refractivity contribution in [2.45, 2.75) is 9.79 Å². The van der Waals surface area contributed by atoms with E-state index < -0.39 is 4.92 Å². The Labute approximate surface area is 129 Å². The first-order chi connectivity index (χ1) is 10.1. The summed E-state index contributed by atoms with van der Waals surface area (Å²) in [6.07, 6.45) is 3.48. The number of nitro benzene ring substituents is 1. The highest BCUT2D eigenvalue weighted by molar-refractivity contribution is 7.99. The van der Waals surface area contributed by atoms with E-state index in [4.69, 9.17) is 11.6 Å². The molecule has 0 aliphatic rings. The Morgan fingerprint density at radius 2 is 2.00 bits per heavy atom. The van der Waals surface area contributed by atoms with Gasteiger partial charge in [-0.05, 0) is 29.7 Å². The predicted molar refractivity (Wildman–Crippen MR) is 84.0 cm³/mol. The molecule has 21 heavy (non-hydrogen) atoms. The maximum atomic E-state index is 11.1. The van der Waals surface area contributed by atoms with Crippen molar-refractivity contribution in [3.63, 3.8) is 0 Å². The van der Waals surface area contributed by atoms with Gasteiger partial charge in [0, 0.05) is 33.8 Å². The van der Waals surface area contributed by atoms with Crippen molar-refractivity contribution in [3.8, 4) is 0 Å². The molecule has 0 fully saturated rings. The molecule has 0 amide bonds. The van der Waals surface area contributed by atoms with Crippen LogP contribution in [0.25, 0.3) is 10.8 Å². The first kappa shape index (κ1) is 13.9. The number of fused-ring (bicyclic) bond motifs is 1. The summed E-state index contributed by atoms with van der Waals surface area (Å²) in [4.78, 5) is 16.3. The van der Waals surface area contributed by atoms with Crippen molar-refractivity contribution in [1.82, 2.24) is 4.98 Å². The molecule has 3 aromatic rings. The van der Waals surface area contributed by atoms with Crippen molar-refractivity contribution in [1.29, 1.82) is 0 Å². The maximum Gasteiger partial charge on any atom is 0.283 e. The van der Waals surface area contributed by atoms with Crippen molar-refractivity contribution >= 4 is 39.8 Å². The van der Waals surface area contributed by atoms with E-state index in [1.165, 1.54) is 23.9 Å². The number of hydrogen-bond acceptors (Lipinski definition) is 4. The monoisotopic (exact) mass is 316 g/mol. The Balaban J connectivity index is 2.11. The van der Waals surface area contributed by atoms with Crippen LogP contribution in [0.3, 0.4) is 0 Å². The van der Waals surface area contributed by atoms with Gasteiger partial charge in [-0.25, -0.2) is 0 Å². The normalized spacial score (nSPS) is 10.7. The molecular formula is C15H9ClN2O2S. The molecule has 0 unspecified atom stereocenters. The first-order valence-electron chi connectivity index (χ1n) is 6.10. The molecule has 6 heteroatoms. The van der Waals surface area contributed by atoms with E-state index in [9.17, 15) is 10.1 Å². The van der Waals surface area contributed by atoms with Crippen LogP contribution in [0.5, 0.6) is 0 Å². The zero-order chi connectivity index (χ0) is 14.8. The van der Waals surface area contributed by atoms with Gasteiger partial charge in [-0.15, -0.1) is 0 Å². The van der Waals surface area contributed by atoms with Crippen LogP contribution in [0, 0.1) is 10.1 Å². The largest absolute Gasteiger partial charge is 0.283 e. The molecular weight excluding hydrogens is 308 g/mol. The lowest BCUT2D eigenvalue weighted by Crippen LogP contribution is -1.90. The number of halogens is 1. The average Bonchev–Trinajstić information content (AvgIpc) is 2.47. The van der Waals surface area contributed by atoms with E-state index >= 15 is 0 Å². The van der Waals surface area contributed by atoms with Gasteiger partial charge in [0.2, 0.25) is 0 Å². The highest BCUT2D eigenvalue weighted by Gasteiger charge is 2.16. The molecule has 2 aromatic carbocycles. The van der Waals surface area contributed by atoms with Gasteiger partial charge < -0.3 is 0 Å². The molecule has 0 spiro atoms. The third kappa shape index (κ3) is 2.84. The Hall–Kier alpha value is -2.11. The standard InChI is InChI=1S/C15H9ClN2O2S/c16-11-4-5-13(18(19)20)15(8-11)21-14-3-1-2-10-9-17-7-6-12(10)14/h1-9H. The van der Waals surface area contributed by atoms with Gasteiger partial charge in [-0.3, -0.25) is 15.1 Å². The van der Waals surface area contributed by atoms with Crippen LogP contribution in [-0.2, 0) is 0 Å². The van der Waals surface area contributed by atoms with E-state index in [1.807, 2.05) is 24.3 Å². The van der Waals surface area contributed by atoms with Crippen LogP contribution in [0.2, 0.25) is 5.02 Å². The summed E-state index contributed by atoms with van der Waals surface area (Å²) in [5.74, 6) is 0. The highest BCUT2D eigenvalue weighted by atomic mass is 35.5. The molecule has 0 saturated heterocycles. The number of nitro groups is 1. The zero-order valence-corrected chi connectivity index (χ0v) is 12.3. The van der Waals surface area contributed by atoms with Gasteiger partial charge in [0.15, 0.2) is 0 Å². The van der Waals surface area contributed by atoms with Gasteiger partial charge in [-0.1, -0.05) is 35.5 Å². The van der Waals surface area contributed by atoms with E-state index in [0.717, 1.165) is 15.7 Å². The van der Waals surface area contributed by atoms with Gasteiger partial charge >= 0.3 is 0 Å². The molecule has 0 atom stereocenters. The van der Waals surface area contributed by atoms with E-state index in [0.29, 0.717) is 9.92 Å². The summed E-state index contributed by atoms with van der Waals surface area (Å²) in [6.45, 7) is 0. The predicted octanol–water partition coefficient (Wildman–Crippen LogP) is 4.95. The molecule has 0 N–H and O–H groups in total. The van der Waals surface area contributed by atoms with Crippen LogP contribution >= 0.6 is 23.4 Å². The lowest BCUT2D eigenvalue weighted by molar-refractivity contribution is -0.387. The van der Waals surface area contributed by atoms with Crippen LogP contribution in [0.4, 0.5) is 5.69 Å². The van der Waals surface area contributed by atoms with Crippen LogP contribution in [0.15, 0.2) is 64.6 Å². The van der Waals surface area contributed by atoms with Crippen molar-refractivity contribution in [2.24, 2.45) is 0 Å². The van der Waals surface area contributed by atoms with E-state index in [2.05, 4.69) is 4.98 Å². The molecule has 0 bridgehead atoms. The number of pyridine rings is 1. The molecule has 0 saturated carbocycles. The fraction of sp³-hybridized carbons (Fsp3) is 0. The van der Waals surface area contributed by atoms with Crippen molar-refractivity contribution < 1.29 is 4.92 Å². The Bertz CT molecular complexity index is 834. The number of hydrogen-bond donors (Lipinski definition) is 0. The molecule has 0 aliphatic carbocycles. The average molecular weight is 317 g/mol. The molecule has 4 nitrogen and oxygen atoms in total. The molecule has 0 radical (unpaired) electrons. The summed E-state index contributed by atoms with van der Waals surface area (Å²) < 4.78 is 0. The molecule has 1 aromatic heterocycles. The number of aromatic nitrogens is 1. The van der Waals surface area contributed by atoms with Crippen LogP contribution < -0.4 is 0 Å². The second-order valence-corrected chi connectivity index (χ2v) is 5.84. The summed E-state index contributed by atoms with van der Waals surface area (Å²) in [5, 5.41) is 13.6. The second kappa shape index (κ2) is 5.71. The van der Waals surface area contributed by atoms with Crippen LogP contribution in [-0.4, -0.2) is 9.91 Å². The number of benzene rings is 2. The zero-order valence-electron chi connectivity index (χ0n) is 10.7. The minimum Gasteiger partial charge on any atom is -0.264 e. The smallest absolute Gasteiger partial charge is 0.264 e. The lowest BCUT2D eigenvalue weighted by atomic mass is 10.2. The van der Waals surface area contributed by atoms with Crippen LogP contribution in [0.1, 0.15) is 0 Å². The lowest BCUT2D eigenvalue weighted by Gasteiger charge is -2.07. The Morgan fingerprint density at radius 3 is 2.81 bits per heavy atom. The van der Waals surface area contributed by atoms with Gasteiger partial charge in [0.05, 0.1) is 9.82 Å². The first-order valence-corrected chi connectivity index (χ1v) is 7.29. The van der Waals surface area contributed by atoms with E-state index in [-0.39, 0.29) is 5.69 Å². The fourth-order valence-electron chi connectivity index (χ4n) is 2.02. The topological polar surface area (TPSA) is 56.0 Å². The van der Waals surface area contributed by atoms with Gasteiger partial charge in [0.1, 0.15) is 0 Å². The Kier molecular flexibility index (Phi) is 3.77. The minimum absolute atomic E-state index is 0.0514. The number of nitrogens with zero attached hydrogens (tertiary/aromatic N) is 2. The Morgan fingerprint density at radius 1 is 1.14 bits per heavy atom. The van der Waals surface area contributed by atoms with Crippen molar-refractivity contribution in [2.75, 3.05) is 0 Å². The van der Waals surface area contributed by atoms with Gasteiger partial charge in [0.25, 0.3) is 5.69 Å². The summed E-state index contributed by atoms with van der Waals surface area (Å²) in [5.41, 5.74) is 0.0514. The fourth-order valence-corrected chi connectivity index (χ4v) is 3.37. The third-order valence-electron chi connectivity index (χ3n) is 2.98.